The molecule has 5 nitrogen and oxygen atoms in total. The Morgan fingerprint density at radius 1 is 1.38 bits per heavy atom. The molecule has 0 bridgehead atoms. The van der Waals surface area contributed by atoms with Gasteiger partial charge in [0.1, 0.15) is 0 Å². The highest BCUT2D eigenvalue weighted by molar-refractivity contribution is 9.10. The van der Waals surface area contributed by atoms with E-state index in [2.05, 4.69) is 44.3 Å². The molecule has 1 aromatic carbocycles. The van der Waals surface area contributed by atoms with Crippen LogP contribution in [0.1, 0.15) is 52.8 Å². The van der Waals surface area contributed by atoms with E-state index in [-0.39, 0.29) is 18.1 Å². The van der Waals surface area contributed by atoms with Crippen molar-refractivity contribution >= 4 is 21.8 Å². The summed E-state index contributed by atoms with van der Waals surface area (Å²) in [6.45, 7) is 5.40. The first kappa shape index (κ1) is 15.8. The maximum absolute atomic E-state index is 13.0. The van der Waals surface area contributed by atoms with Gasteiger partial charge in [0, 0.05) is 29.5 Å². The third-order valence-corrected chi connectivity index (χ3v) is 5.40. The molecule has 2 atom stereocenters. The number of carbonyl (C=O) groups excluding carboxylic acids is 1. The molecule has 0 spiro atoms. The summed E-state index contributed by atoms with van der Waals surface area (Å²) in [7, 11) is 0. The number of hydrogen-bond acceptors (Lipinski definition) is 3. The Hall–Kier alpha value is -1.66. The van der Waals surface area contributed by atoms with Gasteiger partial charge in [0.15, 0.2) is 5.69 Å². The van der Waals surface area contributed by atoms with Crippen LogP contribution in [0.15, 0.2) is 22.7 Å². The lowest BCUT2D eigenvalue weighted by atomic mass is 9.97. The number of aromatic nitrogens is 2. The van der Waals surface area contributed by atoms with Gasteiger partial charge in [0.25, 0.3) is 5.91 Å². The van der Waals surface area contributed by atoms with Crippen LogP contribution in [0.5, 0.6) is 0 Å². The largest absolute Gasteiger partial charge is 0.369 e. The van der Waals surface area contributed by atoms with Crippen LogP contribution in [0.25, 0.3) is 0 Å². The molecule has 2 aliphatic heterocycles. The van der Waals surface area contributed by atoms with Gasteiger partial charge in [-0.15, -0.1) is 0 Å². The van der Waals surface area contributed by atoms with E-state index in [1.165, 1.54) is 11.1 Å². The number of carbonyl (C=O) groups is 1. The van der Waals surface area contributed by atoms with Crippen LogP contribution in [0.4, 0.5) is 0 Å². The summed E-state index contributed by atoms with van der Waals surface area (Å²) in [5, 5.41) is 7.34. The quantitative estimate of drug-likeness (QED) is 0.812. The molecule has 0 aliphatic carbocycles. The van der Waals surface area contributed by atoms with Crippen molar-refractivity contribution in [3.05, 3.63) is 50.8 Å². The van der Waals surface area contributed by atoms with Crippen LogP contribution in [0.3, 0.4) is 0 Å². The van der Waals surface area contributed by atoms with E-state index in [0.29, 0.717) is 12.2 Å². The number of rotatable bonds is 1. The third-order valence-electron chi connectivity index (χ3n) is 4.90. The monoisotopic (exact) mass is 389 g/mol. The molecule has 24 heavy (non-hydrogen) atoms. The van der Waals surface area contributed by atoms with Gasteiger partial charge < -0.3 is 9.64 Å². The average Bonchev–Trinajstić information content (AvgIpc) is 2.97. The molecule has 126 valence electrons. The molecule has 1 N–H and O–H groups in total. The van der Waals surface area contributed by atoms with E-state index in [9.17, 15) is 4.79 Å². The minimum atomic E-state index is -0.0455. The number of amides is 1. The zero-order valence-electron chi connectivity index (χ0n) is 13.8. The Labute approximate surface area is 149 Å². The Kier molecular flexibility index (Phi) is 3.96. The van der Waals surface area contributed by atoms with E-state index >= 15 is 0 Å². The highest BCUT2D eigenvalue weighted by Crippen LogP contribution is 2.31. The molecule has 0 saturated carbocycles. The number of fused-ring (bicyclic) bond motifs is 2. The first-order chi connectivity index (χ1) is 11.5. The number of halogens is 1. The van der Waals surface area contributed by atoms with Gasteiger partial charge in [0.2, 0.25) is 0 Å². The Bertz CT molecular complexity index is 802. The zero-order valence-corrected chi connectivity index (χ0v) is 15.4. The summed E-state index contributed by atoms with van der Waals surface area (Å²) in [6.07, 6.45) is 1.68. The second kappa shape index (κ2) is 6.01. The predicted molar refractivity (Wildman–Crippen MR) is 93.8 cm³/mol. The van der Waals surface area contributed by atoms with Crippen LogP contribution in [0, 0.1) is 0 Å². The van der Waals surface area contributed by atoms with Gasteiger partial charge in [-0.1, -0.05) is 22.0 Å². The fraction of sp³-hybridized carbons (Fsp3) is 0.444. The minimum absolute atomic E-state index is 0.0134. The van der Waals surface area contributed by atoms with Crippen LogP contribution < -0.4 is 0 Å². The lowest BCUT2D eigenvalue weighted by molar-refractivity contribution is -0.00702. The summed E-state index contributed by atoms with van der Waals surface area (Å²) in [6, 6.07) is 6.30. The fourth-order valence-corrected chi connectivity index (χ4v) is 4.11. The molecule has 2 aromatic rings. The van der Waals surface area contributed by atoms with Crippen LogP contribution >= 0.6 is 15.9 Å². The highest BCUT2D eigenvalue weighted by atomic mass is 79.9. The summed E-state index contributed by atoms with van der Waals surface area (Å²) >= 11 is 3.51. The summed E-state index contributed by atoms with van der Waals surface area (Å²) in [5.41, 5.74) is 5.05. The normalized spacial score (nSPS) is 22.9. The van der Waals surface area contributed by atoms with Gasteiger partial charge in [-0.3, -0.25) is 9.89 Å². The molecule has 0 fully saturated rings. The van der Waals surface area contributed by atoms with E-state index in [1.54, 1.807) is 0 Å². The Balaban J connectivity index is 1.62. The summed E-state index contributed by atoms with van der Waals surface area (Å²) < 4.78 is 6.86. The predicted octanol–water partition coefficient (Wildman–Crippen LogP) is 3.39. The lowest BCUT2D eigenvalue weighted by Gasteiger charge is -2.29. The number of benzene rings is 1. The van der Waals surface area contributed by atoms with Gasteiger partial charge in [-0.25, -0.2) is 0 Å². The molecule has 0 unspecified atom stereocenters. The zero-order chi connectivity index (χ0) is 16.8. The maximum Gasteiger partial charge on any atom is 0.274 e. The van der Waals surface area contributed by atoms with Crippen molar-refractivity contribution in [2.75, 3.05) is 6.54 Å². The van der Waals surface area contributed by atoms with Crippen LogP contribution in [-0.2, 0) is 24.1 Å². The molecule has 1 amide bonds. The van der Waals surface area contributed by atoms with Gasteiger partial charge in [-0.05, 0) is 43.5 Å². The number of ether oxygens (including phenoxy) is 1. The first-order valence-corrected chi connectivity index (χ1v) is 9.11. The van der Waals surface area contributed by atoms with Crippen molar-refractivity contribution < 1.29 is 9.53 Å². The smallest absolute Gasteiger partial charge is 0.274 e. The van der Waals surface area contributed by atoms with Crippen molar-refractivity contribution in [2.45, 2.75) is 45.4 Å². The van der Waals surface area contributed by atoms with Crippen molar-refractivity contribution in [3.63, 3.8) is 0 Å². The number of nitrogens with zero attached hydrogens (tertiary/aromatic N) is 2. The standard InChI is InChI=1S/C18H20BrN3O2/c1-10-7-15-16(11(2)24-10)20-21-17(15)18(23)22-6-5-12-3-4-14(19)8-13(12)9-22/h3-4,8,10-11H,5-7,9H2,1-2H3,(H,20,21)/t10-,11+/m1/s1. The van der Waals surface area contributed by atoms with E-state index in [1.807, 2.05) is 18.7 Å². The Morgan fingerprint density at radius 3 is 3.04 bits per heavy atom. The molecule has 2 aliphatic rings. The van der Waals surface area contributed by atoms with Crippen molar-refractivity contribution in [3.8, 4) is 0 Å². The fourth-order valence-electron chi connectivity index (χ4n) is 3.70. The van der Waals surface area contributed by atoms with Crippen molar-refractivity contribution in [1.82, 2.24) is 15.1 Å². The number of hydrogen-bond donors (Lipinski definition) is 1. The second-order valence-corrected chi connectivity index (χ2v) is 7.56. The molecular weight excluding hydrogens is 370 g/mol. The molecular formula is C18H20BrN3O2. The van der Waals surface area contributed by atoms with Crippen LogP contribution in [-0.4, -0.2) is 33.7 Å². The molecule has 1 aromatic heterocycles. The molecule has 3 heterocycles. The molecule has 0 saturated heterocycles. The molecule has 6 heteroatoms. The SMILES string of the molecule is C[C@@H]1Cc2c(C(=O)N3CCc4ccc(Br)cc4C3)n[nH]c2[C@H](C)O1. The second-order valence-electron chi connectivity index (χ2n) is 6.65. The first-order valence-electron chi connectivity index (χ1n) is 8.32. The molecule has 0 radical (unpaired) electrons. The van der Waals surface area contributed by atoms with Gasteiger partial charge in [-0.2, -0.15) is 5.10 Å². The summed E-state index contributed by atoms with van der Waals surface area (Å²) in [5.74, 6) is 0.0134. The van der Waals surface area contributed by atoms with Gasteiger partial charge >= 0.3 is 0 Å². The van der Waals surface area contributed by atoms with Crippen molar-refractivity contribution in [2.24, 2.45) is 0 Å². The van der Waals surface area contributed by atoms with E-state index < -0.39 is 0 Å². The third kappa shape index (κ3) is 2.67. The minimum Gasteiger partial charge on any atom is -0.369 e. The number of aromatic amines is 1. The Morgan fingerprint density at radius 2 is 2.21 bits per heavy atom. The van der Waals surface area contributed by atoms with Crippen LogP contribution in [0.2, 0.25) is 0 Å². The van der Waals surface area contributed by atoms with E-state index in [0.717, 1.165) is 35.1 Å². The topological polar surface area (TPSA) is 58.2 Å². The molecule has 4 rings (SSSR count). The van der Waals surface area contributed by atoms with Crippen molar-refractivity contribution in [1.29, 1.82) is 0 Å². The number of H-pyrrole nitrogens is 1. The number of nitrogens with one attached hydrogen (secondary N) is 1. The lowest BCUT2D eigenvalue weighted by Crippen LogP contribution is -2.37. The highest BCUT2D eigenvalue weighted by Gasteiger charge is 2.32. The van der Waals surface area contributed by atoms with Gasteiger partial charge in [0.05, 0.1) is 17.9 Å². The maximum atomic E-state index is 13.0. The van der Waals surface area contributed by atoms with E-state index in [4.69, 9.17) is 4.74 Å². The summed E-state index contributed by atoms with van der Waals surface area (Å²) in [4.78, 5) is 14.9. The average molecular weight is 390 g/mol.